The van der Waals surface area contributed by atoms with Crippen molar-refractivity contribution in [3.63, 3.8) is 0 Å². The molecule has 0 amide bonds. The van der Waals surface area contributed by atoms with Gasteiger partial charge in [-0.05, 0) is 23.8 Å². The third kappa shape index (κ3) is 6.37. The minimum absolute atomic E-state index is 0. The molecule has 0 aliphatic carbocycles. The normalized spacial score (nSPS) is 13.4. The van der Waals surface area contributed by atoms with Crippen LogP contribution in [-0.2, 0) is 6.42 Å². The Kier molecular flexibility index (Phi) is 10.6. The monoisotopic (exact) mass is 677 g/mol. The van der Waals surface area contributed by atoms with E-state index in [0.29, 0.717) is 6.54 Å². The first kappa shape index (κ1) is 27.4. The van der Waals surface area contributed by atoms with Crippen LogP contribution >= 0.6 is 0 Å². The molecule has 2 aromatic heterocycles. The molecule has 7 heteroatoms. The predicted octanol–water partition coefficient (Wildman–Crippen LogP) is 5.49. The first-order chi connectivity index (χ1) is 15.7. The van der Waals surface area contributed by atoms with Gasteiger partial charge in [-0.15, -0.1) is 12.1 Å². The largest absolute Gasteiger partial charge is 2.00 e. The van der Waals surface area contributed by atoms with Gasteiger partial charge in [0.05, 0.1) is 24.8 Å². The van der Waals surface area contributed by atoms with Crippen LogP contribution in [0.5, 0.6) is 5.75 Å². The zero-order chi connectivity index (χ0) is 22.3. The Labute approximate surface area is 226 Å². The summed E-state index contributed by atoms with van der Waals surface area (Å²) in [7, 11) is 1.66. The first-order valence-corrected chi connectivity index (χ1v) is 10.6. The minimum Gasteiger partial charge on any atom is -0.554 e. The average Bonchev–Trinajstić information content (AvgIpc) is 2.95. The Morgan fingerprint density at radius 2 is 2.12 bits per heavy atom. The molecule has 0 unspecified atom stereocenters. The third-order valence-corrected chi connectivity index (χ3v) is 5.30. The molecule has 6 nitrogen and oxygen atoms in total. The molecule has 0 fully saturated rings. The molecule has 0 saturated heterocycles. The second-order valence-electron chi connectivity index (χ2n) is 7.34. The molecule has 2 N–H and O–H groups in total. The van der Waals surface area contributed by atoms with Crippen molar-refractivity contribution < 1.29 is 35.9 Å². The number of amidine groups is 1. The molecular formula is C27H29N5OU. The summed E-state index contributed by atoms with van der Waals surface area (Å²) < 4.78 is 5.27. The van der Waals surface area contributed by atoms with Crippen LogP contribution in [0.15, 0.2) is 72.8 Å². The number of nitrogens with zero attached hydrogens (tertiary/aromatic N) is 3. The maximum absolute atomic E-state index is 5.27. The van der Waals surface area contributed by atoms with E-state index in [9.17, 15) is 0 Å². The number of nitrogens with one attached hydrogen (secondary N) is 2. The number of pyridine rings is 2. The maximum Gasteiger partial charge on any atom is 2.00 e. The number of methoxy groups -OCH3 is 1. The van der Waals surface area contributed by atoms with Crippen LogP contribution in [0.2, 0.25) is 0 Å². The molecule has 172 valence electrons. The molecular weight excluding hydrogens is 648 g/mol. The number of anilines is 2. The van der Waals surface area contributed by atoms with Crippen molar-refractivity contribution >= 4 is 28.5 Å². The number of aromatic nitrogens is 2. The Balaban J connectivity index is 0.00000204. The molecule has 34 heavy (non-hydrogen) atoms. The van der Waals surface area contributed by atoms with Gasteiger partial charge in [0.1, 0.15) is 5.82 Å². The van der Waals surface area contributed by atoms with E-state index in [-0.39, 0.29) is 38.5 Å². The average molecular weight is 678 g/mol. The molecule has 1 aliphatic rings. The van der Waals surface area contributed by atoms with Crippen LogP contribution in [0.4, 0.5) is 11.5 Å². The Morgan fingerprint density at radius 1 is 1.26 bits per heavy atom. The second kappa shape index (κ2) is 13.1. The van der Waals surface area contributed by atoms with Gasteiger partial charge in [-0.25, -0.2) is 4.98 Å². The van der Waals surface area contributed by atoms with E-state index < -0.39 is 0 Å². The van der Waals surface area contributed by atoms with E-state index >= 15 is 0 Å². The van der Waals surface area contributed by atoms with Gasteiger partial charge >= 0.3 is 31.1 Å². The van der Waals surface area contributed by atoms with E-state index in [2.05, 4.69) is 40.2 Å². The summed E-state index contributed by atoms with van der Waals surface area (Å²) in [4.78, 5) is 13.5. The van der Waals surface area contributed by atoms with Gasteiger partial charge in [-0.2, -0.15) is 17.7 Å². The summed E-state index contributed by atoms with van der Waals surface area (Å²) in [6, 6.07) is 14.8. The standard InChI is InChI=1S/C26H26N5O.CH3.U/c1-4-25(28-14-10-19-7-5-8-20(15-19)32-3)30-16-23-18(2)21-9-6-12-29-26(21)31-24-17-27-13-11-22(23)24;;/h6-9,11-13,15-17H,2,4,10,14H2,1,3H3,(H,28,30)(H,29,31);1H3;/q2*-1;+2/b23-16+;;. The number of ether oxygens (including phenoxy) is 1. The first-order valence-electron chi connectivity index (χ1n) is 10.6. The fourth-order valence-corrected chi connectivity index (χ4v) is 3.57. The SMILES string of the molecule is C=C1/C(=C\NC(CC)=NCCc2c[c-]cc(OC)c2)c2ccncc2Nc2ncccc21.[CH3-].[U+2]. The van der Waals surface area contributed by atoms with Crippen LogP contribution < -0.4 is 15.4 Å². The van der Waals surface area contributed by atoms with E-state index in [1.807, 2.05) is 42.6 Å². The number of fused-ring (bicyclic) bond motifs is 2. The molecule has 3 heterocycles. The Bertz CT molecular complexity index is 1190. The smallest absolute Gasteiger partial charge is 0.554 e. The number of hydrogen-bond donors (Lipinski definition) is 2. The predicted molar refractivity (Wildman–Crippen MR) is 136 cm³/mol. The Hall–Kier alpha value is -2.88. The van der Waals surface area contributed by atoms with Crippen molar-refractivity contribution in [2.75, 3.05) is 19.0 Å². The molecule has 0 bridgehead atoms. The third-order valence-electron chi connectivity index (χ3n) is 5.30. The summed E-state index contributed by atoms with van der Waals surface area (Å²) in [5.41, 5.74) is 5.88. The molecule has 0 atom stereocenters. The van der Waals surface area contributed by atoms with Gasteiger partial charge in [0, 0.05) is 54.0 Å². The fourth-order valence-electron chi connectivity index (χ4n) is 3.57. The second-order valence-corrected chi connectivity index (χ2v) is 7.34. The van der Waals surface area contributed by atoms with Crippen molar-refractivity contribution in [2.45, 2.75) is 19.8 Å². The number of rotatable bonds is 6. The van der Waals surface area contributed by atoms with Gasteiger partial charge in [-0.1, -0.05) is 19.9 Å². The number of allylic oxidation sites excluding steroid dienone is 2. The summed E-state index contributed by atoms with van der Waals surface area (Å²) in [6.07, 6.45) is 8.95. The summed E-state index contributed by atoms with van der Waals surface area (Å²) in [6.45, 7) is 7.12. The zero-order valence-electron chi connectivity index (χ0n) is 19.9. The van der Waals surface area contributed by atoms with Crippen LogP contribution in [0.25, 0.3) is 11.1 Å². The summed E-state index contributed by atoms with van der Waals surface area (Å²) in [5, 5.41) is 6.78. The van der Waals surface area contributed by atoms with Crippen molar-refractivity contribution in [3.05, 3.63) is 98.0 Å². The van der Waals surface area contributed by atoms with E-state index in [4.69, 9.17) is 9.73 Å². The van der Waals surface area contributed by atoms with Crippen molar-refractivity contribution in [3.8, 4) is 5.75 Å². The van der Waals surface area contributed by atoms with Crippen molar-refractivity contribution in [1.29, 1.82) is 0 Å². The van der Waals surface area contributed by atoms with E-state index in [1.165, 1.54) is 0 Å². The number of aliphatic imine (C=N–C) groups is 1. The quantitative estimate of drug-likeness (QED) is 0.205. The molecule has 0 spiro atoms. The summed E-state index contributed by atoms with van der Waals surface area (Å²) >= 11 is 0. The molecule has 4 rings (SSSR count). The van der Waals surface area contributed by atoms with Gasteiger partial charge < -0.3 is 22.8 Å². The molecule has 1 aliphatic heterocycles. The molecule has 3 aromatic rings. The fraction of sp³-hybridized carbons (Fsp3) is 0.185. The van der Waals surface area contributed by atoms with Crippen LogP contribution in [-0.4, -0.2) is 29.5 Å². The molecule has 0 saturated carbocycles. The van der Waals surface area contributed by atoms with Crippen LogP contribution in [0, 0.1) is 44.6 Å². The zero-order valence-corrected chi connectivity index (χ0v) is 24.0. The topological polar surface area (TPSA) is 71.4 Å². The van der Waals surface area contributed by atoms with Gasteiger partial charge in [0.2, 0.25) is 0 Å². The van der Waals surface area contributed by atoms with Crippen molar-refractivity contribution in [1.82, 2.24) is 15.3 Å². The van der Waals surface area contributed by atoms with Crippen LogP contribution in [0.1, 0.15) is 30.0 Å². The van der Waals surface area contributed by atoms with E-state index in [0.717, 1.165) is 63.8 Å². The summed E-state index contributed by atoms with van der Waals surface area (Å²) in [5.74, 6) is 2.50. The van der Waals surface area contributed by atoms with Crippen LogP contribution in [0.3, 0.4) is 0 Å². The molecule has 1 aromatic carbocycles. The molecule has 0 radical (unpaired) electrons. The van der Waals surface area contributed by atoms with Gasteiger partial charge in [0.15, 0.2) is 0 Å². The van der Waals surface area contributed by atoms with E-state index in [1.54, 1.807) is 25.7 Å². The Morgan fingerprint density at radius 3 is 2.91 bits per heavy atom. The van der Waals surface area contributed by atoms with Gasteiger partial charge in [-0.3, -0.25) is 9.98 Å². The van der Waals surface area contributed by atoms with Gasteiger partial charge in [0.25, 0.3) is 0 Å². The number of hydrogen-bond acceptors (Lipinski definition) is 5. The number of benzene rings is 1. The maximum atomic E-state index is 5.27. The minimum atomic E-state index is 0. The van der Waals surface area contributed by atoms with Crippen molar-refractivity contribution in [2.24, 2.45) is 4.99 Å².